The average molecular weight is 341 g/mol. The molecule has 24 heavy (non-hydrogen) atoms. The van der Waals surface area contributed by atoms with Gasteiger partial charge < -0.3 is 10.0 Å². The fourth-order valence-corrected chi connectivity index (χ4v) is 3.71. The quantitative estimate of drug-likeness (QED) is 0.837. The zero-order chi connectivity index (χ0) is 17.3. The molecular formula is C18H22F3NO2. The van der Waals surface area contributed by atoms with Crippen molar-refractivity contribution in [1.29, 1.82) is 0 Å². The highest BCUT2D eigenvalue weighted by Gasteiger charge is 2.41. The van der Waals surface area contributed by atoms with E-state index in [1.807, 2.05) is 0 Å². The molecule has 1 saturated carbocycles. The van der Waals surface area contributed by atoms with Crippen molar-refractivity contribution < 1.29 is 23.1 Å². The van der Waals surface area contributed by atoms with Gasteiger partial charge in [-0.05, 0) is 37.3 Å². The maximum absolute atomic E-state index is 13.8. The zero-order valence-corrected chi connectivity index (χ0v) is 13.5. The van der Waals surface area contributed by atoms with Crippen LogP contribution in [0.25, 0.3) is 0 Å². The molecule has 0 bridgehead atoms. The first-order valence-electron chi connectivity index (χ1n) is 8.45. The molecule has 1 heterocycles. The van der Waals surface area contributed by atoms with Gasteiger partial charge in [0.25, 0.3) is 0 Å². The van der Waals surface area contributed by atoms with E-state index >= 15 is 0 Å². The third kappa shape index (κ3) is 3.58. The minimum Gasteiger partial charge on any atom is -0.396 e. The van der Waals surface area contributed by atoms with Crippen molar-refractivity contribution in [2.45, 2.75) is 38.5 Å². The van der Waals surface area contributed by atoms with Crippen LogP contribution in [0, 0.1) is 28.8 Å². The van der Waals surface area contributed by atoms with Crippen LogP contribution in [0.15, 0.2) is 12.1 Å². The van der Waals surface area contributed by atoms with Crippen LogP contribution < -0.4 is 0 Å². The average Bonchev–Trinajstić information content (AvgIpc) is 3.39. The molecule has 1 aromatic rings. The van der Waals surface area contributed by atoms with Crippen LogP contribution in [0.4, 0.5) is 13.2 Å². The van der Waals surface area contributed by atoms with E-state index in [2.05, 4.69) is 0 Å². The molecule has 3 rings (SSSR count). The first kappa shape index (κ1) is 17.3. The van der Waals surface area contributed by atoms with E-state index in [0.29, 0.717) is 25.1 Å². The van der Waals surface area contributed by atoms with Crippen LogP contribution >= 0.6 is 0 Å². The van der Waals surface area contributed by atoms with Gasteiger partial charge in [0, 0.05) is 24.1 Å². The van der Waals surface area contributed by atoms with Crippen molar-refractivity contribution in [2.75, 3.05) is 19.7 Å². The summed E-state index contributed by atoms with van der Waals surface area (Å²) in [4.78, 5) is 14.0. The summed E-state index contributed by atoms with van der Waals surface area (Å²) >= 11 is 0. The highest BCUT2D eigenvalue weighted by atomic mass is 19.2. The Labute approximate surface area is 139 Å². The van der Waals surface area contributed by atoms with Crippen LogP contribution in [0.3, 0.4) is 0 Å². The molecule has 2 aliphatic rings. The number of hydrogen-bond acceptors (Lipinski definition) is 2. The van der Waals surface area contributed by atoms with E-state index in [9.17, 15) is 23.1 Å². The lowest BCUT2D eigenvalue weighted by atomic mass is 9.76. The molecule has 1 atom stereocenters. The summed E-state index contributed by atoms with van der Waals surface area (Å²) in [5, 5.41) is 9.82. The van der Waals surface area contributed by atoms with Crippen molar-refractivity contribution in [2.24, 2.45) is 11.3 Å². The molecule has 2 fully saturated rings. The third-order valence-electron chi connectivity index (χ3n) is 5.24. The Kier molecular flexibility index (Phi) is 4.85. The van der Waals surface area contributed by atoms with Gasteiger partial charge in [-0.2, -0.15) is 0 Å². The second-order valence-electron chi connectivity index (χ2n) is 7.22. The largest absolute Gasteiger partial charge is 0.396 e. The minimum atomic E-state index is -1.30. The van der Waals surface area contributed by atoms with Gasteiger partial charge in [-0.3, -0.25) is 4.79 Å². The van der Waals surface area contributed by atoms with Crippen LogP contribution in [0.2, 0.25) is 0 Å². The Hall–Kier alpha value is -1.56. The standard InChI is InChI=1S/C18H22F3NO2/c19-14-4-5-15(20)17(21)13(14)8-16(24)22-7-1-6-18(10-22,11-23)9-12-2-3-12/h4-5,12,23H,1-3,6-11H2/t18-/m0/s1. The molecule has 1 aliphatic heterocycles. The van der Waals surface area contributed by atoms with Gasteiger partial charge in [0.15, 0.2) is 11.6 Å². The molecule has 1 aromatic carbocycles. The monoisotopic (exact) mass is 341 g/mol. The smallest absolute Gasteiger partial charge is 0.227 e. The number of amides is 1. The summed E-state index contributed by atoms with van der Waals surface area (Å²) in [5.74, 6) is -3.18. The molecule has 0 spiro atoms. The lowest BCUT2D eigenvalue weighted by molar-refractivity contribution is -0.135. The van der Waals surface area contributed by atoms with Gasteiger partial charge in [0.05, 0.1) is 13.0 Å². The number of hydrogen-bond donors (Lipinski definition) is 1. The predicted octanol–water partition coefficient (Wildman–Crippen LogP) is 3.05. The first-order chi connectivity index (χ1) is 11.4. The molecule has 1 amide bonds. The van der Waals surface area contributed by atoms with E-state index < -0.39 is 35.3 Å². The molecule has 1 saturated heterocycles. The summed E-state index contributed by atoms with van der Waals surface area (Å²) in [7, 11) is 0. The van der Waals surface area contributed by atoms with Crippen LogP contribution in [-0.2, 0) is 11.2 Å². The lowest BCUT2D eigenvalue weighted by Crippen LogP contribution is -2.48. The van der Waals surface area contributed by atoms with Gasteiger partial charge in [-0.15, -0.1) is 0 Å². The van der Waals surface area contributed by atoms with Gasteiger partial charge >= 0.3 is 0 Å². The number of nitrogens with zero attached hydrogens (tertiary/aromatic N) is 1. The fraction of sp³-hybridized carbons (Fsp3) is 0.611. The Balaban J connectivity index is 1.71. The van der Waals surface area contributed by atoms with Crippen molar-refractivity contribution in [1.82, 2.24) is 4.90 Å². The van der Waals surface area contributed by atoms with E-state index in [4.69, 9.17) is 0 Å². The molecule has 6 heteroatoms. The molecule has 1 aliphatic carbocycles. The number of carbonyl (C=O) groups excluding carboxylic acids is 1. The van der Waals surface area contributed by atoms with Gasteiger partial charge in [0.1, 0.15) is 5.82 Å². The zero-order valence-electron chi connectivity index (χ0n) is 13.5. The number of benzene rings is 1. The Morgan fingerprint density at radius 1 is 1.25 bits per heavy atom. The number of aliphatic hydroxyl groups is 1. The van der Waals surface area contributed by atoms with Gasteiger partial charge in [-0.1, -0.05) is 12.8 Å². The molecule has 0 unspecified atom stereocenters. The van der Waals surface area contributed by atoms with Crippen LogP contribution in [0.1, 0.15) is 37.7 Å². The Bertz CT molecular complexity index is 633. The second kappa shape index (κ2) is 6.75. The van der Waals surface area contributed by atoms with Crippen molar-refractivity contribution >= 4 is 5.91 Å². The van der Waals surface area contributed by atoms with Gasteiger partial charge in [-0.25, -0.2) is 13.2 Å². The van der Waals surface area contributed by atoms with Crippen molar-refractivity contribution in [3.63, 3.8) is 0 Å². The fourth-order valence-electron chi connectivity index (χ4n) is 3.71. The summed E-state index contributed by atoms with van der Waals surface area (Å²) < 4.78 is 40.8. The van der Waals surface area contributed by atoms with Crippen molar-refractivity contribution in [3.8, 4) is 0 Å². The Morgan fingerprint density at radius 3 is 2.62 bits per heavy atom. The topological polar surface area (TPSA) is 40.5 Å². The first-order valence-corrected chi connectivity index (χ1v) is 8.45. The molecule has 132 valence electrons. The summed E-state index contributed by atoms with van der Waals surface area (Å²) in [6, 6.07) is 1.55. The number of piperidine rings is 1. The molecule has 0 aromatic heterocycles. The maximum atomic E-state index is 13.8. The lowest BCUT2D eigenvalue weighted by Gasteiger charge is -2.42. The molecule has 1 N–H and O–H groups in total. The van der Waals surface area contributed by atoms with E-state index in [1.165, 1.54) is 0 Å². The molecule has 0 radical (unpaired) electrons. The second-order valence-corrected chi connectivity index (χ2v) is 7.22. The highest BCUT2D eigenvalue weighted by Crippen LogP contribution is 2.44. The summed E-state index contributed by atoms with van der Waals surface area (Å²) in [5.41, 5.74) is -0.837. The van der Waals surface area contributed by atoms with E-state index in [0.717, 1.165) is 38.2 Å². The minimum absolute atomic E-state index is 0.00989. The number of carbonyl (C=O) groups is 1. The van der Waals surface area contributed by atoms with E-state index in [1.54, 1.807) is 4.90 Å². The number of aliphatic hydroxyl groups excluding tert-OH is 1. The third-order valence-corrected chi connectivity index (χ3v) is 5.24. The highest BCUT2D eigenvalue weighted by molar-refractivity contribution is 5.79. The summed E-state index contributed by atoms with van der Waals surface area (Å²) in [6.07, 6.45) is 4.32. The maximum Gasteiger partial charge on any atom is 0.227 e. The number of likely N-dealkylation sites (tertiary alicyclic amines) is 1. The number of halogens is 3. The van der Waals surface area contributed by atoms with Gasteiger partial charge in [0.2, 0.25) is 5.91 Å². The normalized spacial score (nSPS) is 24.2. The van der Waals surface area contributed by atoms with Crippen LogP contribution in [-0.4, -0.2) is 35.6 Å². The SMILES string of the molecule is O=C(Cc1c(F)ccc(F)c1F)N1CCC[C@](CO)(CC2CC2)C1. The van der Waals surface area contributed by atoms with Crippen molar-refractivity contribution in [3.05, 3.63) is 35.1 Å². The summed E-state index contributed by atoms with van der Waals surface area (Å²) in [6.45, 7) is 0.914. The molecular weight excluding hydrogens is 319 g/mol. The van der Waals surface area contributed by atoms with E-state index in [-0.39, 0.29) is 12.0 Å². The molecule has 3 nitrogen and oxygen atoms in total. The predicted molar refractivity (Wildman–Crippen MR) is 82.7 cm³/mol. The number of rotatable bonds is 5. The van der Waals surface area contributed by atoms with Crippen LogP contribution in [0.5, 0.6) is 0 Å². The Morgan fingerprint density at radius 2 is 1.96 bits per heavy atom.